The molecule has 0 unspecified atom stereocenters. The molecule has 0 radical (unpaired) electrons. The van der Waals surface area contributed by atoms with Gasteiger partial charge in [-0.05, 0) is 55.0 Å². The highest BCUT2D eigenvalue weighted by atomic mass is 32.1. The van der Waals surface area contributed by atoms with Gasteiger partial charge in [0.1, 0.15) is 16.5 Å². The van der Waals surface area contributed by atoms with Crippen LogP contribution < -0.4 is 20.5 Å². The van der Waals surface area contributed by atoms with Crippen LogP contribution in [0.25, 0.3) is 0 Å². The molecule has 3 rings (SSSR count). The number of anilines is 1. The fraction of sp³-hybridized carbons (Fsp3) is 0.368. The predicted molar refractivity (Wildman–Crippen MR) is 101 cm³/mol. The van der Waals surface area contributed by atoms with Crippen LogP contribution in [-0.2, 0) is 17.6 Å². The molecule has 1 atom stereocenters. The molecule has 1 heterocycles. The van der Waals surface area contributed by atoms with Crippen LogP contribution in [0.1, 0.15) is 34.1 Å². The molecule has 1 aromatic carbocycles. The second-order valence-electron chi connectivity index (χ2n) is 6.43. The standard InChI is InChI=1S/C19H22N2O4S/c1-11-3-8-14-15(9-11)26-19(17(14)18(20)23)21-16(22)10-25-13-6-4-12(24-2)5-7-13/h4-7,11H,3,8-10H2,1-2H3,(H2,20,23)(H,21,22)/t11-/m0/s1. The Kier molecular flexibility index (Phi) is 5.46. The van der Waals surface area contributed by atoms with E-state index in [2.05, 4.69) is 12.2 Å². The van der Waals surface area contributed by atoms with E-state index >= 15 is 0 Å². The summed E-state index contributed by atoms with van der Waals surface area (Å²) in [7, 11) is 1.58. The van der Waals surface area contributed by atoms with Crippen molar-refractivity contribution in [3.8, 4) is 11.5 Å². The summed E-state index contributed by atoms with van der Waals surface area (Å²) in [6.45, 7) is 2.04. The molecule has 0 aliphatic heterocycles. The van der Waals surface area contributed by atoms with E-state index in [-0.39, 0.29) is 12.5 Å². The highest BCUT2D eigenvalue weighted by Gasteiger charge is 2.27. The van der Waals surface area contributed by atoms with Gasteiger partial charge in [-0.15, -0.1) is 11.3 Å². The first-order valence-corrected chi connectivity index (χ1v) is 9.30. The molecule has 0 saturated carbocycles. The fourth-order valence-corrected chi connectivity index (χ4v) is 4.52. The maximum atomic E-state index is 12.3. The van der Waals surface area contributed by atoms with Gasteiger partial charge in [0.15, 0.2) is 6.61 Å². The van der Waals surface area contributed by atoms with Crippen molar-refractivity contribution >= 4 is 28.2 Å². The number of hydrogen-bond donors (Lipinski definition) is 2. The molecule has 0 bridgehead atoms. The second kappa shape index (κ2) is 7.78. The molecular weight excluding hydrogens is 352 g/mol. The monoisotopic (exact) mass is 374 g/mol. The Hall–Kier alpha value is -2.54. The summed E-state index contributed by atoms with van der Waals surface area (Å²) >= 11 is 1.44. The maximum Gasteiger partial charge on any atom is 0.262 e. The highest BCUT2D eigenvalue weighted by Crippen LogP contribution is 2.39. The molecule has 6 nitrogen and oxygen atoms in total. The van der Waals surface area contributed by atoms with Crippen LogP contribution >= 0.6 is 11.3 Å². The van der Waals surface area contributed by atoms with Crippen LogP contribution in [0.4, 0.5) is 5.00 Å². The lowest BCUT2D eigenvalue weighted by Crippen LogP contribution is -2.22. The number of ether oxygens (including phenoxy) is 2. The average Bonchev–Trinajstić information content (AvgIpc) is 2.97. The van der Waals surface area contributed by atoms with E-state index in [1.807, 2.05) is 0 Å². The zero-order valence-electron chi connectivity index (χ0n) is 14.8. The number of carbonyl (C=O) groups excluding carboxylic acids is 2. The SMILES string of the molecule is COc1ccc(OCC(=O)Nc2sc3c(c2C(N)=O)CC[C@H](C)C3)cc1. The van der Waals surface area contributed by atoms with Crippen molar-refractivity contribution in [2.75, 3.05) is 19.0 Å². The van der Waals surface area contributed by atoms with E-state index in [9.17, 15) is 9.59 Å². The van der Waals surface area contributed by atoms with Crippen LogP contribution in [0, 0.1) is 5.92 Å². The van der Waals surface area contributed by atoms with Gasteiger partial charge in [-0.2, -0.15) is 0 Å². The number of nitrogens with two attached hydrogens (primary N) is 1. The summed E-state index contributed by atoms with van der Waals surface area (Å²) in [5.41, 5.74) is 7.01. The van der Waals surface area contributed by atoms with Crippen molar-refractivity contribution in [3.63, 3.8) is 0 Å². The summed E-state index contributed by atoms with van der Waals surface area (Å²) in [5.74, 6) is 1.03. The average molecular weight is 374 g/mol. The van der Waals surface area contributed by atoms with Gasteiger partial charge >= 0.3 is 0 Å². The Labute approximate surface area is 156 Å². The second-order valence-corrected chi connectivity index (χ2v) is 7.54. The number of hydrogen-bond acceptors (Lipinski definition) is 5. The number of thiophene rings is 1. The highest BCUT2D eigenvalue weighted by molar-refractivity contribution is 7.17. The number of primary amides is 1. The number of benzene rings is 1. The van der Waals surface area contributed by atoms with Crippen LogP contribution in [0.3, 0.4) is 0 Å². The largest absolute Gasteiger partial charge is 0.497 e. The normalized spacial score (nSPS) is 15.8. The quantitative estimate of drug-likeness (QED) is 0.813. The lowest BCUT2D eigenvalue weighted by Gasteiger charge is -2.18. The van der Waals surface area contributed by atoms with Crippen LogP contribution in [0.5, 0.6) is 11.5 Å². The van der Waals surface area contributed by atoms with Crippen molar-refractivity contribution in [2.45, 2.75) is 26.2 Å². The molecule has 0 saturated heterocycles. The van der Waals surface area contributed by atoms with Gasteiger partial charge in [0.2, 0.25) is 0 Å². The first-order chi connectivity index (χ1) is 12.5. The first-order valence-electron chi connectivity index (χ1n) is 8.49. The molecule has 2 amide bonds. The number of carbonyl (C=O) groups is 2. The van der Waals surface area contributed by atoms with Crippen molar-refractivity contribution < 1.29 is 19.1 Å². The molecule has 0 fully saturated rings. The van der Waals surface area contributed by atoms with Crippen molar-refractivity contribution in [3.05, 3.63) is 40.3 Å². The minimum Gasteiger partial charge on any atom is -0.497 e. The Balaban J connectivity index is 1.67. The van der Waals surface area contributed by atoms with Crippen LogP contribution in [0.2, 0.25) is 0 Å². The topological polar surface area (TPSA) is 90.7 Å². The molecule has 2 aromatic rings. The lowest BCUT2D eigenvalue weighted by molar-refractivity contribution is -0.118. The van der Waals surface area contributed by atoms with Crippen molar-refractivity contribution in [1.29, 1.82) is 0 Å². The molecule has 26 heavy (non-hydrogen) atoms. The van der Waals surface area contributed by atoms with Gasteiger partial charge < -0.3 is 20.5 Å². The van der Waals surface area contributed by atoms with Gasteiger partial charge in [-0.3, -0.25) is 9.59 Å². The molecule has 3 N–H and O–H groups in total. The predicted octanol–water partition coefficient (Wildman–Crippen LogP) is 3.00. The van der Waals surface area contributed by atoms with E-state index < -0.39 is 5.91 Å². The summed E-state index contributed by atoms with van der Waals surface area (Å²) in [6, 6.07) is 6.97. The van der Waals surface area contributed by atoms with E-state index in [1.54, 1.807) is 31.4 Å². The number of amides is 2. The summed E-state index contributed by atoms with van der Waals surface area (Å²) in [5, 5.41) is 3.31. The maximum absolute atomic E-state index is 12.3. The zero-order chi connectivity index (χ0) is 18.7. The molecule has 1 aliphatic rings. The minimum atomic E-state index is -0.497. The van der Waals surface area contributed by atoms with E-state index in [4.69, 9.17) is 15.2 Å². The molecule has 138 valence electrons. The third-order valence-corrected chi connectivity index (χ3v) is 5.61. The van der Waals surface area contributed by atoms with E-state index in [0.717, 1.165) is 29.7 Å². The number of fused-ring (bicyclic) bond motifs is 1. The number of methoxy groups -OCH3 is 1. The molecule has 0 spiro atoms. The van der Waals surface area contributed by atoms with Gasteiger partial charge in [0, 0.05) is 4.88 Å². The zero-order valence-corrected chi connectivity index (χ0v) is 15.7. The van der Waals surface area contributed by atoms with Gasteiger partial charge in [-0.25, -0.2) is 0 Å². The molecule has 1 aromatic heterocycles. The Morgan fingerprint density at radius 3 is 2.62 bits per heavy atom. The number of nitrogens with one attached hydrogen (secondary N) is 1. The first kappa shape index (κ1) is 18.3. The molecular formula is C19H22N2O4S. The summed E-state index contributed by atoms with van der Waals surface area (Å²) < 4.78 is 10.6. The summed E-state index contributed by atoms with van der Waals surface area (Å²) in [6.07, 6.45) is 2.76. The van der Waals surface area contributed by atoms with Crippen LogP contribution in [-0.4, -0.2) is 25.5 Å². The van der Waals surface area contributed by atoms with Gasteiger partial charge in [0.25, 0.3) is 11.8 Å². The van der Waals surface area contributed by atoms with Gasteiger partial charge in [0.05, 0.1) is 12.7 Å². The number of rotatable bonds is 6. The Morgan fingerprint density at radius 1 is 1.27 bits per heavy atom. The Bertz CT molecular complexity index is 814. The van der Waals surface area contributed by atoms with Crippen molar-refractivity contribution in [1.82, 2.24) is 0 Å². The van der Waals surface area contributed by atoms with Crippen molar-refractivity contribution in [2.24, 2.45) is 11.7 Å². The fourth-order valence-electron chi connectivity index (χ4n) is 3.08. The minimum absolute atomic E-state index is 0.149. The third kappa shape index (κ3) is 3.99. The molecule has 1 aliphatic carbocycles. The summed E-state index contributed by atoms with van der Waals surface area (Å²) in [4.78, 5) is 25.3. The smallest absolute Gasteiger partial charge is 0.262 e. The third-order valence-electron chi connectivity index (χ3n) is 4.44. The molecule has 7 heteroatoms. The van der Waals surface area contributed by atoms with Gasteiger partial charge in [-0.1, -0.05) is 6.92 Å². The lowest BCUT2D eigenvalue weighted by atomic mass is 9.88. The van der Waals surface area contributed by atoms with Crippen LogP contribution in [0.15, 0.2) is 24.3 Å². The van der Waals surface area contributed by atoms with E-state index in [0.29, 0.717) is 28.0 Å². The van der Waals surface area contributed by atoms with E-state index in [1.165, 1.54) is 11.3 Å². The Morgan fingerprint density at radius 2 is 1.96 bits per heavy atom.